The molecule has 0 spiro atoms. The van der Waals surface area contributed by atoms with Crippen LogP contribution in [0.5, 0.6) is 0 Å². The fraction of sp³-hybridized carbons (Fsp3) is 0.636. The van der Waals surface area contributed by atoms with Gasteiger partial charge in [-0.25, -0.2) is 13.1 Å². The number of hydrogen-bond donors (Lipinski definition) is 1. The standard InChI is InChI=1S/C11H16BrCl2NO2S2/c1-11(2,3)5-7(13)6-15-19(16,17)9-4-8(14)10(12)18-9/h4,7,15H,5-6H2,1-3H3. The van der Waals surface area contributed by atoms with Gasteiger partial charge in [-0.2, -0.15) is 0 Å². The van der Waals surface area contributed by atoms with Gasteiger partial charge in [0.2, 0.25) is 10.0 Å². The molecule has 1 N–H and O–H groups in total. The van der Waals surface area contributed by atoms with Crippen molar-refractivity contribution in [3.63, 3.8) is 0 Å². The van der Waals surface area contributed by atoms with E-state index in [1.165, 1.54) is 6.07 Å². The van der Waals surface area contributed by atoms with Crippen LogP contribution in [0, 0.1) is 5.41 Å². The highest BCUT2D eigenvalue weighted by Crippen LogP contribution is 2.34. The first-order valence-corrected chi connectivity index (χ1v) is 9.50. The molecule has 0 aliphatic carbocycles. The molecule has 0 saturated carbocycles. The molecule has 3 nitrogen and oxygen atoms in total. The van der Waals surface area contributed by atoms with Crippen LogP contribution in [0.4, 0.5) is 0 Å². The first kappa shape index (κ1) is 17.7. The molecule has 0 amide bonds. The van der Waals surface area contributed by atoms with E-state index in [9.17, 15) is 8.42 Å². The quantitative estimate of drug-likeness (QED) is 0.729. The minimum Gasteiger partial charge on any atom is -0.209 e. The summed E-state index contributed by atoms with van der Waals surface area (Å²) in [5.41, 5.74) is 0.0626. The molecule has 1 aromatic heterocycles. The molecule has 1 heterocycles. The minimum atomic E-state index is -3.54. The van der Waals surface area contributed by atoms with Gasteiger partial charge in [0.25, 0.3) is 0 Å². The molecule has 1 atom stereocenters. The zero-order chi connectivity index (χ0) is 14.8. The van der Waals surface area contributed by atoms with Crippen molar-refractivity contribution in [2.24, 2.45) is 5.41 Å². The van der Waals surface area contributed by atoms with E-state index in [2.05, 4.69) is 41.4 Å². The number of nitrogens with one attached hydrogen (secondary N) is 1. The van der Waals surface area contributed by atoms with Gasteiger partial charge in [-0.15, -0.1) is 22.9 Å². The summed E-state index contributed by atoms with van der Waals surface area (Å²) < 4.78 is 27.4. The van der Waals surface area contributed by atoms with Gasteiger partial charge >= 0.3 is 0 Å². The summed E-state index contributed by atoms with van der Waals surface area (Å²) in [5, 5.41) is 0.149. The fourth-order valence-electron chi connectivity index (χ4n) is 1.47. The van der Waals surface area contributed by atoms with Crippen LogP contribution in [-0.2, 0) is 10.0 Å². The largest absolute Gasteiger partial charge is 0.250 e. The number of alkyl halides is 1. The highest BCUT2D eigenvalue weighted by atomic mass is 79.9. The van der Waals surface area contributed by atoms with Gasteiger partial charge in [0.15, 0.2) is 0 Å². The average Bonchev–Trinajstić information content (AvgIpc) is 2.55. The molecule has 0 aromatic carbocycles. The highest BCUT2D eigenvalue weighted by molar-refractivity contribution is 9.11. The van der Waals surface area contributed by atoms with E-state index in [0.29, 0.717) is 8.81 Å². The van der Waals surface area contributed by atoms with Gasteiger partial charge in [-0.1, -0.05) is 32.4 Å². The Morgan fingerprint density at radius 2 is 2.05 bits per heavy atom. The number of hydrogen-bond acceptors (Lipinski definition) is 3. The Bertz CT molecular complexity index is 518. The summed E-state index contributed by atoms with van der Waals surface area (Å²) in [6, 6.07) is 1.42. The summed E-state index contributed by atoms with van der Waals surface area (Å²) in [4.78, 5) is 0. The SMILES string of the molecule is CC(C)(C)CC(Cl)CNS(=O)(=O)c1cc(Cl)c(Br)s1. The van der Waals surface area contributed by atoms with Crippen molar-refractivity contribution in [1.29, 1.82) is 0 Å². The lowest BCUT2D eigenvalue weighted by Crippen LogP contribution is -2.31. The second-order valence-corrected chi connectivity index (χ2v) is 10.8. The van der Waals surface area contributed by atoms with Crippen LogP contribution in [0.3, 0.4) is 0 Å². The van der Waals surface area contributed by atoms with Gasteiger partial charge in [0, 0.05) is 11.9 Å². The highest BCUT2D eigenvalue weighted by Gasteiger charge is 2.22. The predicted octanol–water partition coefficient (Wildman–Crippen LogP) is 4.49. The van der Waals surface area contributed by atoms with Crippen molar-refractivity contribution in [3.05, 3.63) is 14.9 Å². The number of thiophene rings is 1. The normalized spacial score (nSPS) is 14.6. The predicted molar refractivity (Wildman–Crippen MR) is 85.9 cm³/mol. The van der Waals surface area contributed by atoms with Crippen LogP contribution in [0.15, 0.2) is 14.1 Å². The Morgan fingerprint density at radius 1 is 1.47 bits per heavy atom. The van der Waals surface area contributed by atoms with Crippen LogP contribution < -0.4 is 4.72 Å². The van der Waals surface area contributed by atoms with Gasteiger partial charge in [-0.3, -0.25) is 0 Å². The van der Waals surface area contributed by atoms with Crippen molar-refractivity contribution in [3.8, 4) is 0 Å². The van der Waals surface area contributed by atoms with Crippen LogP contribution in [0.2, 0.25) is 5.02 Å². The van der Waals surface area contributed by atoms with Crippen molar-refractivity contribution in [2.45, 2.75) is 36.8 Å². The van der Waals surface area contributed by atoms with Crippen LogP contribution >= 0.6 is 50.5 Å². The van der Waals surface area contributed by atoms with Gasteiger partial charge < -0.3 is 0 Å². The molecular weight excluding hydrogens is 393 g/mol. The van der Waals surface area contributed by atoms with E-state index in [-0.39, 0.29) is 21.5 Å². The van der Waals surface area contributed by atoms with Gasteiger partial charge in [0.1, 0.15) is 4.21 Å². The topological polar surface area (TPSA) is 46.2 Å². The zero-order valence-electron chi connectivity index (χ0n) is 10.8. The third-order valence-electron chi connectivity index (χ3n) is 2.22. The third-order valence-corrected chi connectivity index (χ3v) is 6.90. The number of halogens is 3. The van der Waals surface area contributed by atoms with Crippen molar-refractivity contribution in [2.75, 3.05) is 6.54 Å². The van der Waals surface area contributed by atoms with E-state index in [0.717, 1.165) is 17.8 Å². The fourth-order valence-corrected chi connectivity index (χ4v) is 5.62. The second kappa shape index (κ2) is 6.62. The number of rotatable bonds is 5. The van der Waals surface area contributed by atoms with Crippen LogP contribution in [0.1, 0.15) is 27.2 Å². The monoisotopic (exact) mass is 407 g/mol. The Morgan fingerprint density at radius 3 is 2.47 bits per heavy atom. The molecule has 0 radical (unpaired) electrons. The first-order chi connectivity index (χ1) is 8.51. The summed E-state index contributed by atoms with van der Waals surface area (Å²) >= 11 is 16.2. The summed E-state index contributed by atoms with van der Waals surface area (Å²) in [6.07, 6.45) is 0.728. The third kappa shape index (κ3) is 5.89. The van der Waals surface area contributed by atoms with E-state index in [1.807, 2.05) is 0 Å². The summed E-state index contributed by atoms with van der Waals surface area (Å²) in [5.74, 6) is 0. The summed E-state index contributed by atoms with van der Waals surface area (Å²) in [7, 11) is -3.54. The zero-order valence-corrected chi connectivity index (χ0v) is 15.6. The lowest BCUT2D eigenvalue weighted by Gasteiger charge is -2.21. The molecular formula is C11H16BrCl2NO2S2. The van der Waals surface area contributed by atoms with Crippen LogP contribution in [-0.4, -0.2) is 20.3 Å². The molecule has 0 aliphatic heterocycles. The second-order valence-electron chi connectivity index (χ2n) is 5.40. The maximum atomic E-state index is 12.0. The van der Waals surface area contributed by atoms with E-state index >= 15 is 0 Å². The van der Waals surface area contributed by atoms with Gasteiger partial charge in [0.05, 0.1) is 8.81 Å². The molecule has 0 bridgehead atoms. The first-order valence-electron chi connectivity index (χ1n) is 5.60. The molecule has 1 aromatic rings. The maximum absolute atomic E-state index is 12.0. The lowest BCUT2D eigenvalue weighted by atomic mass is 9.90. The van der Waals surface area contributed by atoms with Gasteiger partial charge in [-0.05, 0) is 33.8 Å². The van der Waals surface area contributed by atoms with Crippen LogP contribution in [0.25, 0.3) is 0 Å². The Labute approximate surface area is 136 Å². The molecule has 0 aliphatic rings. The summed E-state index contributed by atoms with van der Waals surface area (Å²) in [6.45, 7) is 6.39. The van der Waals surface area contributed by atoms with E-state index in [4.69, 9.17) is 23.2 Å². The van der Waals surface area contributed by atoms with E-state index in [1.54, 1.807) is 0 Å². The lowest BCUT2D eigenvalue weighted by molar-refractivity contribution is 0.369. The van der Waals surface area contributed by atoms with Crippen molar-refractivity contribution >= 4 is 60.5 Å². The molecule has 1 rings (SSSR count). The Kier molecular flexibility index (Phi) is 6.18. The molecule has 1 unspecified atom stereocenters. The minimum absolute atomic E-state index is 0.0626. The molecule has 19 heavy (non-hydrogen) atoms. The molecule has 0 saturated heterocycles. The maximum Gasteiger partial charge on any atom is 0.250 e. The van der Waals surface area contributed by atoms with E-state index < -0.39 is 10.0 Å². The molecule has 0 fully saturated rings. The molecule has 8 heteroatoms. The Hall–Kier alpha value is 0.670. The van der Waals surface area contributed by atoms with Crippen molar-refractivity contribution < 1.29 is 8.42 Å². The smallest absolute Gasteiger partial charge is 0.209 e. The van der Waals surface area contributed by atoms with Crippen molar-refractivity contribution in [1.82, 2.24) is 4.72 Å². The average molecular weight is 409 g/mol. The molecule has 110 valence electrons. The Balaban J connectivity index is 2.66. The number of sulfonamides is 1.